The number of nitrogens with zero attached hydrogens (tertiary/aromatic N) is 1. The van der Waals surface area contributed by atoms with Crippen molar-refractivity contribution in [1.29, 1.82) is 0 Å². The second kappa shape index (κ2) is 5.87. The van der Waals surface area contributed by atoms with E-state index < -0.39 is 0 Å². The standard InChI is InChI=1S/C14H21N3O/c1-2-17-8-6-13(7-9-17)16-14(18)11-4-3-5-12(15)10-11/h3-5,10,13H,2,6-9,15H2,1H3,(H,16,18). The van der Waals surface area contributed by atoms with Gasteiger partial charge in [-0.15, -0.1) is 0 Å². The number of piperidine rings is 1. The van der Waals surface area contributed by atoms with Gasteiger partial charge >= 0.3 is 0 Å². The molecular weight excluding hydrogens is 226 g/mol. The Hall–Kier alpha value is -1.55. The van der Waals surface area contributed by atoms with E-state index in [0.717, 1.165) is 32.5 Å². The van der Waals surface area contributed by atoms with Gasteiger partial charge in [-0.2, -0.15) is 0 Å². The van der Waals surface area contributed by atoms with Gasteiger partial charge in [0.25, 0.3) is 5.91 Å². The summed E-state index contributed by atoms with van der Waals surface area (Å²) in [5, 5.41) is 3.09. The Morgan fingerprint density at radius 3 is 2.78 bits per heavy atom. The first-order valence-electron chi connectivity index (χ1n) is 6.58. The van der Waals surface area contributed by atoms with E-state index in [9.17, 15) is 4.79 Å². The predicted octanol–water partition coefficient (Wildman–Crippen LogP) is 1.48. The van der Waals surface area contributed by atoms with Gasteiger partial charge in [-0.3, -0.25) is 4.79 Å². The summed E-state index contributed by atoms with van der Waals surface area (Å²) >= 11 is 0. The Bertz CT molecular complexity index is 411. The van der Waals surface area contributed by atoms with Crippen LogP contribution in [-0.4, -0.2) is 36.5 Å². The number of likely N-dealkylation sites (tertiary alicyclic amines) is 1. The second-order valence-corrected chi connectivity index (χ2v) is 4.81. The highest BCUT2D eigenvalue weighted by Crippen LogP contribution is 2.12. The van der Waals surface area contributed by atoms with Crippen molar-refractivity contribution >= 4 is 11.6 Å². The summed E-state index contributed by atoms with van der Waals surface area (Å²) in [7, 11) is 0. The van der Waals surface area contributed by atoms with Crippen LogP contribution in [0.5, 0.6) is 0 Å². The molecule has 1 aromatic rings. The zero-order valence-corrected chi connectivity index (χ0v) is 10.9. The molecule has 2 rings (SSSR count). The lowest BCUT2D eigenvalue weighted by Gasteiger charge is -2.31. The molecule has 4 heteroatoms. The van der Waals surface area contributed by atoms with Crippen LogP contribution in [0, 0.1) is 0 Å². The van der Waals surface area contributed by atoms with E-state index >= 15 is 0 Å². The maximum atomic E-state index is 12.0. The maximum Gasteiger partial charge on any atom is 0.251 e. The van der Waals surface area contributed by atoms with Gasteiger partial charge in [0.1, 0.15) is 0 Å². The molecule has 0 aromatic heterocycles. The zero-order valence-electron chi connectivity index (χ0n) is 10.9. The molecular formula is C14H21N3O. The van der Waals surface area contributed by atoms with Crippen molar-refractivity contribution in [2.24, 2.45) is 0 Å². The largest absolute Gasteiger partial charge is 0.399 e. The van der Waals surface area contributed by atoms with Crippen molar-refractivity contribution < 1.29 is 4.79 Å². The molecule has 3 N–H and O–H groups in total. The number of nitrogens with one attached hydrogen (secondary N) is 1. The number of hydrogen-bond donors (Lipinski definition) is 2. The molecule has 0 spiro atoms. The van der Waals surface area contributed by atoms with Crippen LogP contribution in [0.3, 0.4) is 0 Å². The number of anilines is 1. The van der Waals surface area contributed by atoms with Crippen molar-refractivity contribution in [3.8, 4) is 0 Å². The Morgan fingerprint density at radius 1 is 1.44 bits per heavy atom. The van der Waals surface area contributed by atoms with E-state index in [-0.39, 0.29) is 5.91 Å². The molecule has 0 atom stereocenters. The zero-order chi connectivity index (χ0) is 13.0. The van der Waals surface area contributed by atoms with E-state index in [4.69, 9.17) is 5.73 Å². The molecule has 4 nitrogen and oxygen atoms in total. The molecule has 98 valence electrons. The van der Waals surface area contributed by atoms with Gasteiger partial charge in [0.05, 0.1) is 0 Å². The summed E-state index contributed by atoms with van der Waals surface area (Å²) in [6, 6.07) is 7.41. The Morgan fingerprint density at radius 2 is 2.17 bits per heavy atom. The number of amides is 1. The molecule has 1 aliphatic rings. The minimum absolute atomic E-state index is 0.0164. The summed E-state index contributed by atoms with van der Waals surface area (Å²) < 4.78 is 0. The first kappa shape index (κ1) is 12.9. The molecule has 1 fully saturated rings. The maximum absolute atomic E-state index is 12.0. The molecule has 18 heavy (non-hydrogen) atoms. The molecule has 1 aromatic carbocycles. The SMILES string of the molecule is CCN1CCC(NC(=O)c2cccc(N)c2)CC1. The molecule has 0 bridgehead atoms. The van der Waals surface area contributed by atoms with Gasteiger partial charge in [-0.1, -0.05) is 13.0 Å². The predicted molar refractivity (Wildman–Crippen MR) is 73.5 cm³/mol. The Balaban J connectivity index is 1.89. The lowest BCUT2D eigenvalue weighted by atomic mass is 10.0. The topological polar surface area (TPSA) is 58.4 Å². The molecule has 0 saturated carbocycles. The van der Waals surface area contributed by atoms with E-state index in [1.807, 2.05) is 6.07 Å². The quantitative estimate of drug-likeness (QED) is 0.795. The third kappa shape index (κ3) is 3.23. The van der Waals surface area contributed by atoms with Gasteiger partial charge in [-0.25, -0.2) is 0 Å². The average Bonchev–Trinajstić information content (AvgIpc) is 2.39. The Kier molecular flexibility index (Phi) is 4.20. The number of nitrogens with two attached hydrogens (primary N) is 1. The van der Waals surface area contributed by atoms with Gasteiger partial charge in [-0.05, 0) is 37.6 Å². The van der Waals surface area contributed by atoms with Crippen LogP contribution in [0.25, 0.3) is 0 Å². The summed E-state index contributed by atoms with van der Waals surface area (Å²) in [5.41, 5.74) is 6.95. The highest BCUT2D eigenvalue weighted by molar-refractivity contribution is 5.95. The molecule has 1 saturated heterocycles. The van der Waals surface area contributed by atoms with Gasteiger partial charge in [0.2, 0.25) is 0 Å². The van der Waals surface area contributed by atoms with Crippen LogP contribution >= 0.6 is 0 Å². The average molecular weight is 247 g/mol. The van der Waals surface area contributed by atoms with Crippen LogP contribution in [0.2, 0.25) is 0 Å². The highest BCUT2D eigenvalue weighted by Gasteiger charge is 2.20. The van der Waals surface area contributed by atoms with E-state index in [2.05, 4.69) is 17.1 Å². The van der Waals surface area contributed by atoms with Crippen LogP contribution in [0.1, 0.15) is 30.1 Å². The minimum atomic E-state index is -0.0164. The molecule has 1 amide bonds. The minimum Gasteiger partial charge on any atom is -0.399 e. The molecule has 0 aliphatic carbocycles. The van der Waals surface area contributed by atoms with E-state index in [0.29, 0.717) is 17.3 Å². The lowest BCUT2D eigenvalue weighted by Crippen LogP contribution is -2.44. The van der Waals surface area contributed by atoms with Crippen molar-refractivity contribution in [1.82, 2.24) is 10.2 Å². The fraction of sp³-hybridized carbons (Fsp3) is 0.500. The second-order valence-electron chi connectivity index (χ2n) is 4.81. The van der Waals surface area contributed by atoms with Crippen LogP contribution in [-0.2, 0) is 0 Å². The molecule has 0 unspecified atom stereocenters. The number of carbonyl (C=O) groups is 1. The number of carbonyl (C=O) groups excluding carboxylic acids is 1. The fourth-order valence-corrected chi connectivity index (χ4v) is 2.34. The molecule has 1 heterocycles. The van der Waals surface area contributed by atoms with Crippen molar-refractivity contribution in [3.63, 3.8) is 0 Å². The number of rotatable bonds is 3. The number of hydrogen-bond acceptors (Lipinski definition) is 3. The van der Waals surface area contributed by atoms with Crippen LogP contribution < -0.4 is 11.1 Å². The highest BCUT2D eigenvalue weighted by atomic mass is 16.1. The van der Waals surface area contributed by atoms with Crippen molar-refractivity contribution in [2.45, 2.75) is 25.8 Å². The third-order valence-electron chi connectivity index (χ3n) is 3.52. The van der Waals surface area contributed by atoms with Crippen molar-refractivity contribution in [3.05, 3.63) is 29.8 Å². The first-order chi connectivity index (χ1) is 8.69. The molecule has 0 radical (unpaired) electrons. The van der Waals surface area contributed by atoms with Gasteiger partial charge < -0.3 is 16.0 Å². The summed E-state index contributed by atoms with van der Waals surface area (Å²) in [6.45, 7) is 5.40. The Labute approximate surface area is 108 Å². The van der Waals surface area contributed by atoms with Crippen LogP contribution in [0.4, 0.5) is 5.69 Å². The monoisotopic (exact) mass is 247 g/mol. The first-order valence-corrected chi connectivity index (χ1v) is 6.58. The normalized spacial score (nSPS) is 17.6. The van der Waals surface area contributed by atoms with Crippen LogP contribution in [0.15, 0.2) is 24.3 Å². The van der Waals surface area contributed by atoms with Crippen molar-refractivity contribution in [2.75, 3.05) is 25.4 Å². The number of benzene rings is 1. The van der Waals surface area contributed by atoms with Gasteiger partial charge in [0.15, 0.2) is 0 Å². The number of nitrogen functional groups attached to an aromatic ring is 1. The molecule has 1 aliphatic heterocycles. The van der Waals surface area contributed by atoms with E-state index in [1.54, 1.807) is 18.2 Å². The fourth-order valence-electron chi connectivity index (χ4n) is 2.34. The summed E-state index contributed by atoms with van der Waals surface area (Å²) in [6.07, 6.45) is 2.06. The third-order valence-corrected chi connectivity index (χ3v) is 3.52. The lowest BCUT2D eigenvalue weighted by molar-refractivity contribution is 0.0912. The summed E-state index contributed by atoms with van der Waals surface area (Å²) in [5.74, 6) is -0.0164. The summed E-state index contributed by atoms with van der Waals surface area (Å²) in [4.78, 5) is 14.4. The van der Waals surface area contributed by atoms with Gasteiger partial charge in [0, 0.05) is 30.4 Å². The van der Waals surface area contributed by atoms with E-state index in [1.165, 1.54) is 0 Å². The smallest absolute Gasteiger partial charge is 0.251 e.